The largest absolute Gasteiger partial charge is 0.488 e. The van der Waals surface area contributed by atoms with Crippen molar-refractivity contribution in [1.82, 2.24) is 5.32 Å². The van der Waals surface area contributed by atoms with Crippen LogP contribution in [0, 0.1) is 0 Å². The van der Waals surface area contributed by atoms with Crippen molar-refractivity contribution in [2.45, 2.75) is 13.3 Å². The van der Waals surface area contributed by atoms with Gasteiger partial charge in [-0.05, 0) is 25.1 Å². The van der Waals surface area contributed by atoms with E-state index in [1.54, 1.807) is 0 Å². The van der Waals surface area contributed by atoms with Gasteiger partial charge in [0.25, 0.3) is 0 Å². The van der Waals surface area contributed by atoms with E-state index < -0.39 is 0 Å². The molecule has 1 aliphatic heterocycles. The molecule has 1 heterocycles. The number of hydrogen-bond donors (Lipinski definition) is 1. The van der Waals surface area contributed by atoms with Gasteiger partial charge in [-0.3, -0.25) is 0 Å². The van der Waals surface area contributed by atoms with Gasteiger partial charge in [0.05, 0.1) is 0 Å². The summed E-state index contributed by atoms with van der Waals surface area (Å²) in [5, 5.41) is 3.06. The summed E-state index contributed by atoms with van der Waals surface area (Å²) in [5.74, 6) is 2.37. The summed E-state index contributed by atoms with van der Waals surface area (Å²) in [6.07, 6.45) is 0.922. The standard InChI is InChI=1S/C13H19NO3.ClH/c1-3-10-4-5-11-13(17-9-8-15-11)12(10)16-7-6-14-2;/h4-5,14H,3,6-9H2,1-2H3;1H. The van der Waals surface area contributed by atoms with Crippen molar-refractivity contribution in [3.05, 3.63) is 17.7 Å². The summed E-state index contributed by atoms with van der Waals surface area (Å²) in [5.41, 5.74) is 1.16. The van der Waals surface area contributed by atoms with Crippen LogP contribution in [0.25, 0.3) is 0 Å². The third kappa shape index (κ3) is 3.21. The molecule has 0 saturated heterocycles. The molecule has 1 aliphatic rings. The lowest BCUT2D eigenvalue weighted by atomic mass is 10.1. The first-order valence-corrected chi connectivity index (χ1v) is 6.05. The third-order valence-corrected chi connectivity index (χ3v) is 2.72. The number of rotatable bonds is 5. The molecule has 0 amide bonds. The van der Waals surface area contributed by atoms with Crippen molar-refractivity contribution in [3.8, 4) is 17.2 Å². The van der Waals surface area contributed by atoms with Crippen LogP contribution in [0.4, 0.5) is 0 Å². The smallest absolute Gasteiger partial charge is 0.203 e. The van der Waals surface area contributed by atoms with E-state index in [4.69, 9.17) is 14.2 Å². The number of likely N-dealkylation sites (N-methyl/N-ethyl adjacent to an activating group) is 1. The number of ether oxygens (including phenoxy) is 3. The Morgan fingerprint density at radius 2 is 2.06 bits per heavy atom. The van der Waals surface area contributed by atoms with Gasteiger partial charge in [-0.15, -0.1) is 12.4 Å². The zero-order valence-corrected chi connectivity index (χ0v) is 11.6. The summed E-state index contributed by atoms with van der Waals surface area (Å²) in [4.78, 5) is 0. The molecule has 1 aromatic carbocycles. The molecule has 0 spiro atoms. The predicted molar refractivity (Wildman–Crippen MR) is 73.5 cm³/mol. The molecule has 0 unspecified atom stereocenters. The zero-order chi connectivity index (χ0) is 12.1. The minimum absolute atomic E-state index is 0. The minimum Gasteiger partial charge on any atom is -0.488 e. The summed E-state index contributed by atoms with van der Waals surface area (Å²) in [6.45, 7) is 4.74. The van der Waals surface area contributed by atoms with Crippen LogP contribution < -0.4 is 19.5 Å². The molecule has 18 heavy (non-hydrogen) atoms. The van der Waals surface area contributed by atoms with Gasteiger partial charge in [-0.1, -0.05) is 13.0 Å². The van der Waals surface area contributed by atoms with Crippen molar-refractivity contribution in [2.24, 2.45) is 0 Å². The maximum Gasteiger partial charge on any atom is 0.203 e. The maximum atomic E-state index is 5.80. The number of aryl methyl sites for hydroxylation is 1. The highest BCUT2D eigenvalue weighted by Crippen LogP contribution is 2.41. The van der Waals surface area contributed by atoms with Crippen LogP contribution in [-0.4, -0.2) is 33.4 Å². The van der Waals surface area contributed by atoms with Crippen LogP contribution >= 0.6 is 12.4 Å². The van der Waals surface area contributed by atoms with Crippen molar-refractivity contribution >= 4 is 12.4 Å². The van der Waals surface area contributed by atoms with Gasteiger partial charge in [0.1, 0.15) is 19.8 Å². The van der Waals surface area contributed by atoms with E-state index in [0.29, 0.717) is 19.8 Å². The molecule has 0 bridgehead atoms. The first kappa shape index (κ1) is 14.9. The number of halogens is 1. The van der Waals surface area contributed by atoms with Crippen LogP contribution in [0.2, 0.25) is 0 Å². The molecule has 102 valence electrons. The minimum atomic E-state index is 0. The summed E-state index contributed by atoms with van der Waals surface area (Å²) in [6, 6.07) is 4.00. The number of nitrogens with one attached hydrogen (secondary N) is 1. The fraction of sp³-hybridized carbons (Fsp3) is 0.538. The summed E-state index contributed by atoms with van der Waals surface area (Å²) in [7, 11) is 1.91. The van der Waals surface area contributed by atoms with Gasteiger partial charge in [0, 0.05) is 6.54 Å². The lowest BCUT2D eigenvalue weighted by Crippen LogP contribution is -2.19. The summed E-state index contributed by atoms with van der Waals surface area (Å²) >= 11 is 0. The van der Waals surface area contributed by atoms with E-state index in [1.165, 1.54) is 0 Å². The van der Waals surface area contributed by atoms with Crippen LogP contribution in [0.15, 0.2) is 12.1 Å². The highest BCUT2D eigenvalue weighted by Gasteiger charge is 2.19. The Bertz CT molecular complexity index is 385. The van der Waals surface area contributed by atoms with Gasteiger partial charge >= 0.3 is 0 Å². The maximum absolute atomic E-state index is 5.80. The average Bonchev–Trinajstić information content (AvgIpc) is 2.39. The van der Waals surface area contributed by atoms with E-state index in [0.717, 1.165) is 35.8 Å². The van der Waals surface area contributed by atoms with Crippen LogP contribution in [0.3, 0.4) is 0 Å². The second-order valence-corrected chi connectivity index (χ2v) is 3.88. The average molecular weight is 274 g/mol. The molecule has 1 N–H and O–H groups in total. The lowest BCUT2D eigenvalue weighted by molar-refractivity contribution is 0.161. The molecular formula is C13H20ClNO3. The first-order valence-electron chi connectivity index (χ1n) is 6.05. The predicted octanol–water partition coefficient (Wildman–Crippen LogP) is 2.04. The van der Waals surface area contributed by atoms with Crippen LogP contribution in [0.5, 0.6) is 17.2 Å². The number of hydrogen-bond acceptors (Lipinski definition) is 4. The van der Waals surface area contributed by atoms with E-state index in [2.05, 4.69) is 12.2 Å². The molecule has 2 rings (SSSR count). The van der Waals surface area contributed by atoms with E-state index in [9.17, 15) is 0 Å². The molecule has 0 atom stereocenters. The fourth-order valence-electron chi connectivity index (χ4n) is 1.82. The van der Waals surface area contributed by atoms with Gasteiger partial charge < -0.3 is 19.5 Å². The Morgan fingerprint density at radius 1 is 1.28 bits per heavy atom. The molecule has 0 aromatic heterocycles. The molecule has 4 nitrogen and oxygen atoms in total. The molecule has 5 heteroatoms. The molecular weight excluding hydrogens is 254 g/mol. The Kier molecular flexibility index (Phi) is 6.09. The molecule has 0 radical (unpaired) electrons. The Hall–Kier alpha value is -1.13. The Morgan fingerprint density at radius 3 is 2.78 bits per heavy atom. The van der Waals surface area contributed by atoms with Crippen LogP contribution in [0.1, 0.15) is 12.5 Å². The van der Waals surface area contributed by atoms with E-state index >= 15 is 0 Å². The topological polar surface area (TPSA) is 39.7 Å². The van der Waals surface area contributed by atoms with Crippen molar-refractivity contribution < 1.29 is 14.2 Å². The lowest BCUT2D eigenvalue weighted by Gasteiger charge is -2.22. The quantitative estimate of drug-likeness (QED) is 0.834. The van der Waals surface area contributed by atoms with Crippen LogP contribution in [-0.2, 0) is 6.42 Å². The second-order valence-electron chi connectivity index (χ2n) is 3.88. The van der Waals surface area contributed by atoms with Gasteiger partial charge in [-0.2, -0.15) is 0 Å². The number of fused-ring (bicyclic) bond motifs is 1. The summed E-state index contributed by atoms with van der Waals surface area (Å²) < 4.78 is 17.0. The van der Waals surface area contributed by atoms with Gasteiger partial charge in [0.2, 0.25) is 5.75 Å². The van der Waals surface area contributed by atoms with E-state index in [1.807, 2.05) is 19.2 Å². The Labute approximate surface area is 114 Å². The van der Waals surface area contributed by atoms with Crippen molar-refractivity contribution in [1.29, 1.82) is 0 Å². The molecule has 0 saturated carbocycles. The third-order valence-electron chi connectivity index (χ3n) is 2.72. The molecule has 0 fully saturated rings. The highest BCUT2D eigenvalue weighted by atomic mass is 35.5. The van der Waals surface area contributed by atoms with E-state index in [-0.39, 0.29) is 12.4 Å². The monoisotopic (exact) mass is 273 g/mol. The molecule has 1 aromatic rings. The fourth-order valence-corrected chi connectivity index (χ4v) is 1.82. The van der Waals surface area contributed by atoms with Gasteiger partial charge in [0.15, 0.2) is 11.5 Å². The molecule has 0 aliphatic carbocycles. The second kappa shape index (κ2) is 7.34. The van der Waals surface area contributed by atoms with Crippen molar-refractivity contribution in [2.75, 3.05) is 33.4 Å². The highest BCUT2D eigenvalue weighted by molar-refractivity contribution is 5.85. The first-order chi connectivity index (χ1) is 8.36. The normalized spacial score (nSPS) is 12.8. The van der Waals surface area contributed by atoms with Crippen molar-refractivity contribution in [3.63, 3.8) is 0 Å². The van der Waals surface area contributed by atoms with Gasteiger partial charge in [-0.25, -0.2) is 0 Å². The number of benzene rings is 1. The zero-order valence-electron chi connectivity index (χ0n) is 10.8. The Balaban J connectivity index is 0.00000162. The SMILES string of the molecule is CCc1ccc2c(c1OCCNC)OCCO2.Cl.